The van der Waals surface area contributed by atoms with Crippen LogP contribution in [0.4, 0.5) is 0 Å². The Labute approximate surface area is 151 Å². The maximum Gasteiger partial charge on any atom is 0.337 e. The Kier molecular flexibility index (Phi) is 8.71. The zero-order valence-corrected chi connectivity index (χ0v) is 16.1. The number of carbonyl (C=O) groups excluding carboxylic acids is 1. The molecule has 0 heterocycles. The maximum absolute atomic E-state index is 11.7. The van der Waals surface area contributed by atoms with E-state index in [9.17, 15) is 4.79 Å². The van der Waals surface area contributed by atoms with Crippen molar-refractivity contribution < 1.29 is 14.3 Å². The van der Waals surface area contributed by atoms with Crippen LogP contribution in [-0.2, 0) is 17.7 Å². The molecule has 0 atom stereocenters. The van der Waals surface area contributed by atoms with Crippen molar-refractivity contribution in [3.8, 4) is 11.5 Å². The Hall–Kier alpha value is -2.33. The monoisotopic (exact) mass is 343 g/mol. The number of esters is 1. The molecule has 0 amide bonds. The largest absolute Gasteiger partial charge is 0.465 e. The lowest BCUT2D eigenvalue weighted by molar-refractivity contribution is 0.0600. The average molecular weight is 343 g/mol. The summed E-state index contributed by atoms with van der Waals surface area (Å²) in [5.41, 5.74) is 2.74. The highest BCUT2D eigenvalue weighted by molar-refractivity contribution is 5.89. The number of hydrogen-bond donors (Lipinski definition) is 0. The number of benzene rings is 2. The Morgan fingerprint density at radius 2 is 1.68 bits per heavy atom. The summed E-state index contributed by atoms with van der Waals surface area (Å²) in [6.45, 7) is 6.80. The van der Waals surface area contributed by atoms with Crippen LogP contribution in [0.15, 0.2) is 42.5 Å². The van der Waals surface area contributed by atoms with Crippen LogP contribution >= 0.6 is 0 Å². The molecule has 2 aromatic carbocycles. The molecule has 4 nitrogen and oxygen atoms in total. The Balaban J connectivity index is 0.00000151. The summed E-state index contributed by atoms with van der Waals surface area (Å²) in [6.07, 6.45) is 1.000. The molecule has 25 heavy (non-hydrogen) atoms. The Morgan fingerprint density at radius 3 is 2.20 bits per heavy atom. The molecule has 2 aromatic rings. The van der Waals surface area contributed by atoms with Crippen molar-refractivity contribution >= 4 is 5.97 Å². The summed E-state index contributed by atoms with van der Waals surface area (Å²) in [7, 11) is 5.34. The lowest BCUT2D eigenvalue weighted by atomic mass is 10.1. The van der Waals surface area contributed by atoms with E-state index < -0.39 is 0 Å². The van der Waals surface area contributed by atoms with Crippen LogP contribution in [0.2, 0.25) is 0 Å². The van der Waals surface area contributed by atoms with Crippen LogP contribution < -0.4 is 4.74 Å². The zero-order chi connectivity index (χ0) is 18.8. The summed E-state index contributed by atoms with van der Waals surface area (Å²) < 4.78 is 10.8. The van der Waals surface area contributed by atoms with Gasteiger partial charge in [0.05, 0.1) is 12.7 Å². The van der Waals surface area contributed by atoms with Gasteiger partial charge in [-0.05, 0) is 56.4 Å². The van der Waals surface area contributed by atoms with Gasteiger partial charge in [-0.2, -0.15) is 0 Å². The molecule has 0 saturated heterocycles. The molecule has 0 fully saturated rings. The van der Waals surface area contributed by atoms with Gasteiger partial charge in [0, 0.05) is 12.1 Å². The van der Waals surface area contributed by atoms with Crippen LogP contribution in [0, 0.1) is 0 Å². The van der Waals surface area contributed by atoms with Gasteiger partial charge in [-0.3, -0.25) is 0 Å². The van der Waals surface area contributed by atoms with Gasteiger partial charge in [-0.1, -0.05) is 32.9 Å². The van der Waals surface area contributed by atoms with Gasteiger partial charge in [0.15, 0.2) is 0 Å². The molecule has 0 spiro atoms. The van der Waals surface area contributed by atoms with Crippen molar-refractivity contribution in [2.24, 2.45) is 0 Å². The SMILES string of the molecule is CC.CCc1ccc(Oc2ccc(C(=O)OC)cc2CN(C)C)cc1. The third-order valence-corrected chi connectivity index (χ3v) is 3.53. The number of nitrogens with zero attached hydrogens (tertiary/aromatic N) is 1. The highest BCUT2D eigenvalue weighted by atomic mass is 16.5. The van der Waals surface area contributed by atoms with E-state index in [1.807, 2.05) is 57.1 Å². The summed E-state index contributed by atoms with van der Waals surface area (Å²) in [4.78, 5) is 13.7. The first-order valence-electron chi connectivity index (χ1n) is 8.66. The van der Waals surface area contributed by atoms with E-state index in [1.165, 1.54) is 12.7 Å². The smallest absolute Gasteiger partial charge is 0.337 e. The van der Waals surface area contributed by atoms with E-state index in [-0.39, 0.29) is 5.97 Å². The number of ether oxygens (including phenoxy) is 2. The molecule has 0 aliphatic heterocycles. The quantitative estimate of drug-likeness (QED) is 0.698. The van der Waals surface area contributed by atoms with Gasteiger partial charge in [0.2, 0.25) is 0 Å². The fourth-order valence-corrected chi connectivity index (χ4v) is 2.31. The van der Waals surface area contributed by atoms with Crippen LogP contribution in [0.1, 0.15) is 42.3 Å². The minimum absolute atomic E-state index is 0.344. The summed E-state index contributed by atoms with van der Waals surface area (Å²) in [5.74, 6) is 1.19. The average Bonchev–Trinajstić information content (AvgIpc) is 2.64. The highest BCUT2D eigenvalue weighted by Gasteiger charge is 2.12. The van der Waals surface area contributed by atoms with E-state index >= 15 is 0 Å². The molecule has 0 radical (unpaired) electrons. The number of rotatable bonds is 6. The Morgan fingerprint density at radius 1 is 1.04 bits per heavy atom. The maximum atomic E-state index is 11.7. The van der Waals surface area contributed by atoms with Crippen molar-refractivity contribution in [1.82, 2.24) is 4.90 Å². The predicted molar refractivity (Wildman–Crippen MR) is 102 cm³/mol. The molecular weight excluding hydrogens is 314 g/mol. The molecular formula is C21H29NO3. The zero-order valence-electron chi connectivity index (χ0n) is 16.1. The second-order valence-corrected chi connectivity index (χ2v) is 5.65. The predicted octanol–water partition coefficient (Wildman–Crippen LogP) is 4.92. The molecule has 2 rings (SSSR count). The molecule has 0 aliphatic rings. The molecule has 0 bridgehead atoms. The number of methoxy groups -OCH3 is 1. The fraction of sp³-hybridized carbons (Fsp3) is 0.381. The van der Waals surface area contributed by atoms with E-state index in [0.29, 0.717) is 12.1 Å². The first-order valence-corrected chi connectivity index (χ1v) is 8.66. The second kappa shape index (κ2) is 10.5. The molecule has 0 saturated carbocycles. The van der Waals surface area contributed by atoms with E-state index in [1.54, 1.807) is 6.07 Å². The molecule has 0 unspecified atom stereocenters. The molecule has 136 valence electrons. The number of aryl methyl sites for hydroxylation is 1. The van der Waals surface area contributed by atoms with Gasteiger partial charge in [0.25, 0.3) is 0 Å². The third kappa shape index (κ3) is 6.24. The highest BCUT2D eigenvalue weighted by Crippen LogP contribution is 2.27. The second-order valence-electron chi connectivity index (χ2n) is 5.65. The molecule has 0 aliphatic carbocycles. The summed E-state index contributed by atoms with van der Waals surface area (Å²) >= 11 is 0. The van der Waals surface area contributed by atoms with Gasteiger partial charge < -0.3 is 14.4 Å². The van der Waals surface area contributed by atoms with Crippen LogP contribution in [0.3, 0.4) is 0 Å². The lowest BCUT2D eigenvalue weighted by Gasteiger charge is -2.16. The first-order chi connectivity index (χ1) is 12.0. The topological polar surface area (TPSA) is 38.8 Å². The van der Waals surface area contributed by atoms with E-state index in [4.69, 9.17) is 9.47 Å². The lowest BCUT2D eigenvalue weighted by Crippen LogP contribution is -2.12. The standard InChI is InChI=1S/C19H23NO3.C2H6/c1-5-14-6-9-17(10-7-14)23-18-11-8-15(19(21)22-4)12-16(18)13-20(2)3;1-2/h6-12H,5,13H2,1-4H3;1-2H3. The third-order valence-electron chi connectivity index (χ3n) is 3.53. The number of carbonyl (C=O) groups is 1. The van der Waals surface area contributed by atoms with Gasteiger partial charge in [0.1, 0.15) is 11.5 Å². The van der Waals surface area contributed by atoms with Crippen molar-refractivity contribution in [1.29, 1.82) is 0 Å². The van der Waals surface area contributed by atoms with E-state index in [2.05, 4.69) is 19.1 Å². The van der Waals surface area contributed by atoms with E-state index in [0.717, 1.165) is 23.5 Å². The van der Waals surface area contributed by atoms with Crippen molar-refractivity contribution in [3.63, 3.8) is 0 Å². The minimum Gasteiger partial charge on any atom is -0.465 e. The van der Waals surface area contributed by atoms with Crippen molar-refractivity contribution in [3.05, 3.63) is 59.2 Å². The van der Waals surface area contributed by atoms with Gasteiger partial charge >= 0.3 is 5.97 Å². The van der Waals surface area contributed by atoms with Crippen molar-refractivity contribution in [2.75, 3.05) is 21.2 Å². The minimum atomic E-state index is -0.344. The summed E-state index contributed by atoms with van der Waals surface area (Å²) in [6, 6.07) is 13.4. The first kappa shape index (κ1) is 20.7. The van der Waals surface area contributed by atoms with Crippen molar-refractivity contribution in [2.45, 2.75) is 33.7 Å². The normalized spacial score (nSPS) is 10.0. The fourth-order valence-electron chi connectivity index (χ4n) is 2.31. The molecule has 4 heteroatoms. The Bertz CT molecular complexity index is 663. The van der Waals surface area contributed by atoms with Crippen LogP contribution in [0.5, 0.6) is 11.5 Å². The molecule has 0 aromatic heterocycles. The number of hydrogen-bond acceptors (Lipinski definition) is 4. The van der Waals surface area contributed by atoms with Gasteiger partial charge in [-0.15, -0.1) is 0 Å². The van der Waals surface area contributed by atoms with Crippen LogP contribution in [0.25, 0.3) is 0 Å². The van der Waals surface area contributed by atoms with Gasteiger partial charge in [-0.25, -0.2) is 4.79 Å². The summed E-state index contributed by atoms with van der Waals surface area (Å²) in [5, 5.41) is 0. The van der Waals surface area contributed by atoms with Crippen LogP contribution in [-0.4, -0.2) is 32.1 Å². The molecule has 0 N–H and O–H groups in total.